The van der Waals surface area contributed by atoms with Crippen LogP contribution in [0.5, 0.6) is 0 Å². The number of sulfone groups is 1. The molecule has 104 valence electrons. The van der Waals surface area contributed by atoms with Gasteiger partial charge in [-0.25, -0.2) is 8.42 Å². The van der Waals surface area contributed by atoms with Crippen LogP contribution in [-0.2, 0) is 9.84 Å². The molecule has 2 rings (SSSR count). The van der Waals surface area contributed by atoms with Crippen molar-refractivity contribution in [2.45, 2.75) is 9.79 Å². The van der Waals surface area contributed by atoms with Gasteiger partial charge in [-0.05, 0) is 30.3 Å². The summed E-state index contributed by atoms with van der Waals surface area (Å²) < 4.78 is 24.6. The van der Waals surface area contributed by atoms with Crippen LogP contribution in [0.1, 0.15) is 0 Å². The second kappa shape index (κ2) is 5.40. The summed E-state index contributed by atoms with van der Waals surface area (Å²) in [7, 11) is -3.79. The zero-order valence-electron chi connectivity index (χ0n) is 9.79. The molecule has 0 fully saturated rings. The molecule has 2 aromatic rings. The number of halogens is 2. The van der Waals surface area contributed by atoms with E-state index >= 15 is 0 Å². The first kappa shape index (κ1) is 14.8. The standard InChI is InChI=1S/C12H7Cl2NO4S/c13-11-6-5-10(7-12(11)14)20(18,19)9-3-1-8(2-4-9)15(16)17/h1-7H. The van der Waals surface area contributed by atoms with Crippen LogP contribution in [0.3, 0.4) is 0 Å². The van der Waals surface area contributed by atoms with Gasteiger partial charge in [-0.2, -0.15) is 0 Å². The van der Waals surface area contributed by atoms with Crippen molar-refractivity contribution in [1.82, 2.24) is 0 Å². The fraction of sp³-hybridized carbons (Fsp3) is 0. The average molecular weight is 332 g/mol. The Morgan fingerprint density at radius 2 is 1.45 bits per heavy atom. The molecule has 0 spiro atoms. The van der Waals surface area contributed by atoms with E-state index in [0.29, 0.717) is 0 Å². The van der Waals surface area contributed by atoms with Crippen molar-refractivity contribution in [3.63, 3.8) is 0 Å². The number of nitro groups is 1. The number of nitrogens with zero attached hydrogens (tertiary/aromatic N) is 1. The summed E-state index contributed by atoms with van der Waals surface area (Å²) >= 11 is 11.5. The lowest BCUT2D eigenvalue weighted by Gasteiger charge is -2.05. The normalized spacial score (nSPS) is 11.3. The SMILES string of the molecule is O=[N+]([O-])c1ccc(S(=O)(=O)c2ccc(Cl)c(Cl)c2)cc1. The smallest absolute Gasteiger partial charge is 0.258 e. The van der Waals surface area contributed by atoms with Gasteiger partial charge in [0.05, 0.1) is 24.8 Å². The van der Waals surface area contributed by atoms with Gasteiger partial charge in [0.15, 0.2) is 0 Å². The lowest BCUT2D eigenvalue weighted by Crippen LogP contribution is -2.02. The number of rotatable bonds is 3. The van der Waals surface area contributed by atoms with Gasteiger partial charge in [0.2, 0.25) is 9.84 Å². The highest BCUT2D eigenvalue weighted by Gasteiger charge is 2.19. The second-order valence-corrected chi connectivity index (χ2v) is 6.59. The first-order chi connectivity index (χ1) is 9.32. The molecule has 0 atom stereocenters. The highest BCUT2D eigenvalue weighted by Crippen LogP contribution is 2.28. The van der Waals surface area contributed by atoms with E-state index in [1.54, 1.807) is 0 Å². The molecule has 0 radical (unpaired) electrons. The third kappa shape index (κ3) is 2.77. The Balaban J connectivity index is 2.49. The zero-order valence-corrected chi connectivity index (χ0v) is 12.1. The summed E-state index contributed by atoms with van der Waals surface area (Å²) in [5, 5.41) is 10.9. The minimum atomic E-state index is -3.79. The number of hydrogen-bond donors (Lipinski definition) is 0. The Labute approximate surface area is 124 Å². The Morgan fingerprint density at radius 3 is 1.95 bits per heavy atom. The summed E-state index contributed by atoms with van der Waals surface area (Å²) in [5.41, 5.74) is -0.182. The van der Waals surface area contributed by atoms with Gasteiger partial charge in [0.1, 0.15) is 0 Å². The van der Waals surface area contributed by atoms with Gasteiger partial charge in [-0.3, -0.25) is 10.1 Å². The van der Waals surface area contributed by atoms with Crippen molar-refractivity contribution in [2.24, 2.45) is 0 Å². The van der Waals surface area contributed by atoms with Crippen LogP contribution in [-0.4, -0.2) is 13.3 Å². The van der Waals surface area contributed by atoms with Gasteiger partial charge in [-0.1, -0.05) is 23.2 Å². The van der Waals surface area contributed by atoms with Crippen molar-refractivity contribution < 1.29 is 13.3 Å². The van der Waals surface area contributed by atoms with Crippen molar-refractivity contribution in [3.05, 3.63) is 62.6 Å². The molecule has 8 heteroatoms. The van der Waals surface area contributed by atoms with E-state index in [-0.39, 0.29) is 25.5 Å². The maximum atomic E-state index is 12.3. The van der Waals surface area contributed by atoms with E-state index in [9.17, 15) is 18.5 Å². The van der Waals surface area contributed by atoms with Gasteiger partial charge in [-0.15, -0.1) is 0 Å². The minimum absolute atomic E-state index is 0.0271. The number of nitro benzene ring substituents is 1. The molecule has 0 N–H and O–H groups in total. The summed E-state index contributed by atoms with van der Waals surface area (Å²) in [6.45, 7) is 0. The van der Waals surface area contributed by atoms with Crippen molar-refractivity contribution in [1.29, 1.82) is 0 Å². The van der Waals surface area contributed by atoms with Crippen molar-refractivity contribution >= 4 is 38.7 Å². The summed E-state index contributed by atoms with van der Waals surface area (Å²) in [5.74, 6) is 0. The Hall–Kier alpha value is -1.63. The van der Waals surface area contributed by atoms with Gasteiger partial charge < -0.3 is 0 Å². The molecule has 20 heavy (non-hydrogen) atoms. The molecular weight excluding hydrogens is 325 g/mol. The van der Waals surface area contributed by atoms with Crippen LogP contribution in [0.15, 0.2) is 52.3 Å². The summed E-state index contributed by atoms with van der Waals surface area (Å²) in [6.07, 6.45) is 0. The van der Waals surface area contributed by atoms with Crippen LogP contribution in [0, 0.1) is 10.1 Å². The lowest BCUT2D eigenvalue weighted by molar-refractivity contribution is -0.384. The molecule has 5 nitrogen and oxygen atoms in total. The Bertz CT molecular complexity index is 773. The molecule has 2 aromatic carbocycles. The monoisotopic (exact) mass is 331 g/mol. The molecule has 0 amide bonds. The van der Waals surface area contributed by atoms with Gasteiger partial charge in [0, 0.05) is 12.1 Å². The van der Waals surface area contributed by atoms with Crippen LogP contribution >= 0.6 is 23.2 Å². The van der Waals surface area contributed by atoms with Crippen LogP contribution in [0.2, 0.25) is 10.0 Å². The van der Waals surface area contributed by atoms with E-state index in [0.717, 1.165) is 12.1 Å². The van der Waals surface area contributed by atoms with Crippen LogP contribution in [0.25, 0.3) is 0 Å². The molecule has 0 aromatic heterocycles. The van der Waals surface area contributed by atoms with Crippen LogP contribution < -0.4 is 0 Å². The van der Waals surface area contributed by atoms with E-state index in [1.165, 1.54) is 30.3 Å². The molecule has 0 saturated heterocycles. The maximum Gasteiger partial charge on any atom is 0.269 e. The Kier molecular flexibility index (Phi) is 3.99. The topological polar surface area (TPSA) is 77.3 Å². The second-order valence-electron chi connectivity index (χ2n) is 3.83. The number of non-ortho nitro benzene ring substituents is 1. The summed E-state index contributed by atoms with van der Waals surface area (Å²) in [4.78, 5) is 9.86. The fourth-order valence-corrected chi connectivity index (χ4v) is 3.18. The molecule has 0 aliphatic heterocycles. The van der Waals surface area contributed by atoms with Crippen LogP contribution in [0.4, 0.5) is 5.69 Å². The van der Waals surface area contributed by atoms with Crippen molar-refractivity contribution in [2.75, 3.05) is 0 Å². The Morgan fingerprint density at radius 1 is 0.900 bits per heavy atom. The highest BCUT2D eigenvalue weighted by molar-refractivity contribution is 7.91. The quantitative estimate of drug-likeness (QED) is 0.634. The lowest BCUT2D eigenvalue weighted by atomic mass is 10.3. The van der Waals surface area contributed by atoms with Crippen molar-refractivity contribution in [3.8, 4) is 0 Å². The summed E-state index contributed by atoms with van der Waals surface area (Å²) in [6, 6.07) is 8.55. The molecule has 0 saturated carbocycles. The molecule has 0 unspecified atom stereocenters. The first-order valence-corrected chi connectivity index (χ1v) is 7.51. The molecule has 0 bridgehead atoms. The minimum Gasteiger partial charge on any atom is -0.258 e. The third-order valence-corrected chi connectivity index (χ3v) is 5.07. The van der Waals surface area contributed by atoms with E-state index < -0.39 is 14.8 Å². The average Bonchev–Trinajstić information content (AvgIpc) is 2.41. The molecule has 0 aliphatic rings. The first-order valence-electron chi connectivity index (χ1n) is 5.27. The fourth-order valence-electron chi connectivity index (χ4n) is 1.53. The number of benzene rings is 2. The van der Waals surface area contributed by atoms with Gasteiger partial charge >= 0.3 is 0 Å². The van der Waals surface area contributed by atoms with E-state index in [1.807, 2.05) is 0 Å². The highest BCUT2D eigenvalue weighted by atomic mass is 35.5. The largest absolute Gasteiger partial charge is 0.269 e. The third-order valence-electron chi connectivity index (χ3n) is 2.56. The maximum absolute atomic E-state index is 12.3. The van der Waals surface area contributed by atoms with Gasteiger partial charge in [0.25, 0.3) is 5.69 Å². The van der Waals surface area contributed by atoms with E-state index in [2.05, 4.69) is 0 Å². The predicted molar refractivity (Wildman–Crippen MR) is 75.0 cm³/mol. The molecular formula is C12H7Cl2NO4S. The molecule has 0 heterocycles. The molecule has 0 aliphatic carbocycles. The number of hydrogen-bond acceptors (Lipinski definition) is 4. The van der Waals surface area contributed by atoms with E-state index in [4.69, 9.17) is 23.2 Å². The zero-order chi connectivity index (χ0) is 14.9. The predicted octanol–water partition coefficient (Wildman–Crippen LogP) is 3.73.